The zero-order chi connectivity index (χ0) is 14.1. The predicted octanol–water partition coefficient (Wildman–Crippen LogP) is 0.541. The second-order valence-electron chi connectivity index (χ2n) is 5.84. The molecule has 1 amide bonds. The minimum Gasteiger partial charge on any atom is -0.338 e. The highest BCUT2D eigenvalue weighted by Gasteiger charge is 2.45. The summed E-state index contributed by atoms with van der Waals surface area (Å²) in [6.45, 7) is 2.87. The van der Waals surface area contributed by atoms with E-state index in [4.69, 9.17) is 5.73 Å². The maximum atomic E-state index is 12.8. The topological polar surface area (TPSA) is 80.5 Å². The molecule has 6 heteroatoms. The van der Waals surface area contributed by atoms with Crippen LogP contribution in [0.25, 0.3) is 0 Å². The molecule has 1 saturated heterocycles. The number of amides is 1. The molecule has 2 fully saturated rings. The summed E-state index contributed by atoms with van der Waals surface area (Å²) in [5.74, 6) is 0.404. The number of sulfone groups is 1. The summed E-state index contributed by atoms with van der Waals surface area (Å²) >= 11 is 0. The van der Waals surface area contributed by atoms with E-state index in [0.717, 1.165) is 25.7 Å². The molecule has 2 N–H and O–H groups in total. The maximum Gasteiger partial charge on any atom is 0.230 e. The SMILES string of the molecule is CCN(C(=O)C1(CN)CCCC1)C1CCS(=O)(=O)C1. The second kappa shape index (κ2) is 5.40. The molecule has 19 heavy (non-hydrogen) atoms. The highest BCUT2D eigenvalue weighted by molar-refractivity contribution is 7.91. The van der Waals surface area contributed by atoms with Gasteiger partial charge in [-0.3, -0.25) is 4.79 Å². The van der Waals surface area contributed by atoms with Crippen molar-refractivity contribution in [1.82, 2.24) is 4.90 Å². The van der Waals surface area contributed by atoms with E-state index in [1.807, 2.05) is 6.92 Å². The van der Waals surface area contributed by atoms with Crippen LogP contribution in [-0.2, 0) is 14.6 Å². The molecular formula is C13H24N2O3S. The molecule has 1 atom stereocenters. The van der Waals surface area contributed by atoms with Gasteiger partial charge in [-0.15, -0.1) is 0 Å². The van der Waals surface area contributed by atoms with Crippen LogP contribution in [0.3, 0.4) is 0 Å². The van der Waals surface area contributed by atoms with Crippen LogP contribution in [-0.4, -0.2) is 49.9 Å². The number of nitrogens with zero attached hydrogens (tertiary/aromatic N) is 1. The fraction of sp³-hybridized carbons (Fsp3) is 0.923. The van der Waals surface area contributed by atoms with Crippen LogP contribution in [0.1, 0.15) is 39.0 Å². The molecule has 5 nitrogen and oxygen atoms in total. The average Bonchev–Trinajstić information content (AvgIpc) is 2.97. The van der Waals surface area contributed by atoms with Crippen molar-refractivity contribution in [2.75, 3.05) is 24.6 Å². The van der Waals surface area contributed by atoms with Gasteiger partial charge in [0.25, 0.3) is 0 Å². The molecule has 0 spiro atoms. The van der Waals surface area contributed by atoms with Gasteiger partial charge in [0.2, 0.25) is 5.91 Å². The number of carbonyl (C=O) groups is 1. The second-order valence-corrected chi connectivity index (χ2v) is 8.07. The number of hydrogen-bond donors (Lipinski definition) is 1. The summed E-state index contributed by atoms with van der Waals surface area (Å²) < 4.78 is 23.2. The smallest absolute Gasteiger partial charge is 0.230 e. The van der Waals surface area contributed by atoms with E-state index in [1.165, 1.54) is 0 Å². The van der Waals surface area contributed by atoms with Crippen molar-refractivity contribution < 1.29 is 13.2 Å². The molecule has 2 rings (SSSR count). The number of nitrogens with two attached hydrogens (primary N) is 1. The van der Waals surface area contributed by atoms with Crippen LogP contribution in [0.2, 0.25) is 0 Å². The lowest BCUT2D eigenvalue weighted by molar-refractivity contribution is -0.143. The summed E-state index contributed by atoms with van der Waals surface area (Å²) in [7, 11) is -2.96. The summed E-state index contributed by atoms with van der Waals surface area (Å²) in [6.07, 6.45) is 4.35. The summed E-state index contributed by atoms with van der Waals surface area (Å²) in [4.78, 5) is 14.5. The molecular weight excluding hydrogens is 264 g/mol. The third kappa shape index (κ3) is 2.79. The van der Waals surface area contributed by atoms with E-state index in [0.29, 0.717) is 19.5 Å². The largest absolute Gasteiger partial charge is 0.338 e. The van der Waals surface area contributed by atoms with Crippen LogP contribution in [0.5, 0.6) is 0 Å². The average molecular weight is 288 g/mol. The van der Waals surface area contributed by atoms with E-state index in [1.54, 1.807) is 4.90 Å². The lowest BCUT2D eigenvalue weighted by Crippen LogP contribution is -2.51. The first-order valence-corrected chi connectivity index (χ1v) is 8.98. The molecule has 0 aromatic heterocycles. The minimum absolute atomic E-state index is 0.0806. The Labute approximate surface area is 115 Å². The van der Waals surface area contributed by atoms with E-state index in [2.05, 4.69) is 0 Å². The lowest BCUT2D eigenvalue weighted by Gasteiger charge is -2.36. The van der Waals surface area contributed by atoms with Crippen molar-refractivity contribution >= 4 is 15.7 Å². The number of rotatable bonds is 4. The Morgan fingerprint density at radius 3 is 2.42 bits per heavy atom. The van der Waals surface area contributed by atoms with Gasteiger partial charge in [0, 0.05) is 19.1 Å². The number of carbonyl (C=O) groups excluding carboxylic acids is 1. The van der Waals surface area contributed by atoms with Crippen LogP contribution in [0.15, 0.2) is 0 Å². The van der Waals surface area contributed by atoms with E-state index >= 15 is 0 Å². The van der Waals surface area contributed by atoms with Crippen LogP contribution in [0.4, 0.5) is 0 Å². The third-order valence-electron chi connectivity index (χ3n) is 4.66. The van der Waals surface area contributed by atoms with E-state index in [9.17, 15) is 13.2 Å². The van der Waals surface area contributed by atoms with Crippen molar-refractivity contribution in [3.8, 4) is 0 Å². The quantitative estimate of drug-likeness (QED) is 0.819. The molecule has 1 heterocycles. The fourth-order valence-electron chi connectivity index (χ4n) is 3.45. The van der Waals surface area contributed by atoms with Crippen LogP contribution < -0.4 is 5.73 Å². The molecule has 1 aliphatic heterocycles. The minimum atomic E-state index is -2.96. The highest BCUT2D eigenvalue weighted by Crippen LogP contribution is 2.39. The normalized spacial score (nSPS) is 28.4. The number of hydrogen-bond acceptors (Lipinski definition) is 4. The fourth-order valence-corrected chi connectivity index (χ4v) is 5.18. The van der Waals surface area contributed by atoms with E-state index in [-0.39, 0.29) is 23.5 Å². The monoisotopic (exact) mass is 288 g/mol. The third-order valence-corrected chi connectivity index (χ3v) is 6.41. The van der Waals surface area contributed by atoms with Gasteiger partial charge in [-0.2, -0.15) is 0 Å². The molecule has 0 aromatic rings. The first-order valence-electron chi connectivity index (χ1n) is 7.16. The standard InChI is InChI=1S/C13H24N2O3S/c1-2-15(11-5-8-19(17,18)9-11)12(16)13(10-14)6-3-4-7-13/h11H,2-10,14H2,1H3. The molecule has 1 unspecified atom stereocenters. The van der Waals surface area contributed by atoms with Gasteiger partial charge < -0.3 is 10.6 Å². The Kier molecular flexibility index (Phi) is 4.20. The first kappa shape index (κ1) is 14.8. The van der Waals surface area contributed by atoms with Crippen molar-refractivity contribution in [3.63, 3.8) is 0 Å². The summed E-state index contributed by atoms with van der Waals surface area (Å²) in [5, 5.41) is 0. The summed E-state index contributed by atoms with van der Waals surface area (Å²) in [6, 6.07) is -0.147. The van der Waals surface area contributed by atoms with Gasteiger partial charge in [-0.1, -0.05) is 12.8 Å². The molecule has 1 aliphatic carbocycles. The van der Waals surface area contributed by atoms with Crippen molar-refractivity contribution in [2.45, 2.75) is 45.1 Å². The van der Waals surface area contributed by atoms with Gasteiger partial charge in [0.15, 0.2) is 9.84 Å². The van der Waals surface area contributed by atoms with Gasteiger partial charge in [-0.05, 0) is 26.2 Å². The summed E-state index contributed by atoms with van der Waals surface area (Å²) in [5.41, 5.74) is 5.42. The Balaban J connectivity index is 2.15. The lowest BCUT2D eigenvalue weighted by atomic mass is 9.84. The Bertz CT molecular complexity index is 441. The molecule has 0 aromatic carbocycles. The first-order chi connectivity index (χ1) is 8.94. The van der Waals surface area contributed by atoms with Crippen molar-refractivity contribution in [2.24, 2.45) is 11.1 Å². The van der Waals surface area contributed by atoms with E-state index < -0.39 is 15.3 Å². The van der Waals surface area contributed by atoms with Crippen LogP contribution >= 0.6 is 0 Å². The van der Waals surface area contributed by atoms with Gasteiger partial charge in [-0.25, -0.2) is 8.42 Å². The maximum absolute atomic E-state index is 12.8. The van der Waals surface area contributed by atoms with Crippen molar-refractivity contribution in [3.05, 3.63) is 0 Å². The Morgan fingerprint density at radius 2 is 2.00 bits per heavy atom. The molecule has 1 saturated carbocycles. The highest BCUT2D eigenvalue weighted by atomic mass is 32.2. The van der Waals surface area contributed by atoms with Gasteiger partial charge in [0.05, 0.1) is 16.9 Å². The molecule has 110 valence electrons. The van der Waals surface area contributed by atoms with Gasteiger partial charge in [0.1, 0.15) is 0 Å². The zero-order valence-electron chi connectivity index (χ0n) is 11.6. The zero-order valence-corrected chi connectivity index (χ0v) is 12.4. The van der Waals surface area contributed by atoms with Crippen molar-refractivity contribution in [1.29, 1.82) is 0 Å². The molecule has 0 radical (unpaired) electrons. The molecule has 0 bridgehead atoms. The van der Waals surface area contributed by atoms with Gasteiger partial charge >= 0.3 is 0 Å². The Hall–Kier alpha value is -0.620. The predicted molar refractivity (Wildman–Crippen MR) is 74.4 cm³/mol. The molecule has 2 aliphatic rings. The van der Waals surface area contributed by atoms with Crippen LogP contribution in [0, 0.1) is 5.41 Å². The Morgan fingerprint density at radius 1 is 1.37 bits per heavy atom.